The van der Waals surface area contributed by atoms with Crippen LogP contribution in [0.3, 0.4) is 0 Å². The Morgan fingerprint density at radius 1 is 1.30 bits per heavy atom. The van der Waals surface area contributed by atoms with E-state index in [0.29, 0.717) is 11.7 Å². The maximum Gasteiger partial charge on any atom is 0.194 e. The lowest BCUT2D eigenvalue weighted by Crippen LogP contribution is -2.41. The lowest BCUT2D eigenvalue weighted by atomic mass is 9.99. The van der Waals surface area contributed by atoms with E-state index in [1.54, 1.807) is 25.3 Å². The largest absolute Gasteiger partial charge is 0.466 e. The van der Waals surface area contributed by atoms with E-state index in [1.807, 2.05) is 0 Å². The second-order valence-electron chi connectivity index (χ2n) is 7.21. The number of rotatable bonds is 6. The number of nitrogens with zero attached hydrogens (tertiary/aromatic N) is 2. The molecular formula is C21H30IN3O2. The molecule has 0 bridgehead atoms. The minimum atomic E-state index is -1.10. The van der Waals surface area contributed by atoms with E-state index >= 15 is 0 Å². The zero-order valence-corrected chi connectivity index (χ0v) is 18.4. The normalized spacial score (nSPS) is 19.4. The molecule has 6 heteroatoms. The van der Waals surface area contributed by atoms with Crippen LogP contribution in [-0.4, -0.2) is 42.1 Å². The number of furan rings is 1. The fraction of sp³-hybridized carbons (Fsp3) is 0.476. The number of benzene rings is 1. The summed E-state index contributed by atoms with van der Waals surface area (Å²) in [7, 11) is 0. The molecule has 27 heavy (non-hydrogen) atoms. The molecule has 1 aliphatic heterocycles. The highest BCUT2D eigenvalue weighted by Crippen LogP contribution is 2.23. The third kappa shape index (κ3) is 5.97. The van der Waals surface area contributed by atoms with Gasteiger partial charge in [0.05, 0.1) is 12.8 Å². The smallest absolute Gasteiger partial charge is 0.194 e. The summed E-state index contributed by atoms with van der Waals surface area (Å²) in [6.45, 7) is 6.86. The first-order chi connectivity index (χ1) is 12.6. The number of aliphatic imine (C=N–C) groups is 1. The van der Waals surface area contributed by atoms with Crippen LogP contribution in [0.4, 0.5) is 0 Å². The standard InChI is InChI=1S/C21H29N3O2.HI/c1-3-22-20(23-16-21(2,25)19-10-7-13-26-19)24-12-11-18(15-24)14-17-8-5-4-6-9-17;/h4-10,13,18,25H,3,11-12,14-16H2,1-2H3,(H,22,23);1H. The van der Waals surface area contributed by atoms with Crippen molar-refractivity contribution in [3.8, 4) is 0 Å². The molecule has 0 radical (unpaired) electrons. The summed E-state index contributed by atoms with van der Waals surface area (Å²) >= 11 is 0. The third-order valence-corrected chi connectivity index (χ3v) is 4.88. The zero-order valence-electron chi connectivity index (χ0n) is 16.1. The van der Waals surface area contributed by atoms with Crippen molar-refractivity contribution in [3.63, 3.8) is 0 Å². The Morgan fingerprint density at radius 3 is 2.74 bits per heavy atom. The molecule has 1 saturated heterocycles. The van der Waals surface area contributed by atoms with Crippen LogP contribution in [0.1, 0.15) is 31.6 Å². The summed E-state index contributed by atoms with van der Waals surface area (Å²) in [5.41, 5.74) is 0.287. The van der Waals surface area contributed by atoms with Gasteiger partial charge in [-0.25, -0.2) is 4.99 Å². The van der Waals surface area contributed by atoms with Crippen molar-refractivity contribution in [3.05, 3.63) is 60.1 Å². The molecule has 2 N–H and O–H groups in total. The second-order valence-corrected chi connectivity index (χ2v) is 7.21. The van der Waals surface area contributed by atoms with E-state index in [9.17, 15) is 5.11 Å². The van der Waals surface area contributed by atoms with E-state index in [0.717, 1.165) is 38.4 Å². The van der Waals surface area contributed by atoms with Gasteiger partial charge in [0.1, 0.15) is 11.4 Å². The van der Waals surface area contributed by atoms with Crippen LogP contribution in [0.25, 0.3) is 0 Å². The summed E-state index contributed by atoms with van der Waals surface area (Å²) in [6, 6.07) is 14.2. The second kappa shape index (κ2) is 10.1. The Hall–Kier alpha value is -1.54. The molecule has 1 fully saturated rings. The lowest BCUT2D eigenvalue weighted by Gasteiger charge is -2.24. The highest BCUT2D eigenvalue weighted by atomic mass is 127. The molecule has 0 aliphatic carbocycles. The fourth-order valence-electron chi connectivity index (χ4n) is 3.46. The minimum Gasteiger partial charge on any atom is -0.466 e. The number of hydrogen-bond donors (Lipinski definition) is 2. The molecule has 1 aromatic heterocycles. The maximum absolute atomic E-state index is 10.6. The number of hydrogen-bond acceptors (Lipinski definition) is 3. The highest BCUT2D eigenvalue weighted by Gasteiger charge is 2.28. The fourth-order valence-corrected chi connectivity index (χ4v) is 3.46. The van der Waals surface area contributed by atoms with Gasteiger partial charge in [0.15, 0.2) is 5.96 Å². The van der Waals surface area contributed by atoms with Gasteiger partial charge in [-0.2, -0.15) is 0 Å². The van der Waals surface area contributed by atoms with Crippen molar-refractivity contribution < 1.29 is 9.52 Å². The Balaban J connectivity index is 0.00000261. The summed E-state index contributed by atoms with van der Waals surface area (Å²) in [5.74, 6) is 2.04. The monoisotopic (exact) mass is 483 g/mol. The molecule has 0 amide bonds. The Bertz CT molecular complexity index is 701. The summed E-state index contributed by atoms with van der Waals surface area (Å²) in [5, 5.41) is 14.0. The van der Waals surface area contributed by atoms with Gasteiger partial charge in [0.2, 0.25) is 0 Å². The SMILES string of the molecule is CCNC(=NCC(C)(O)c1ccco1)N1CCC(Cc2ccccc2)C1.I. The van der Waals surface area contributed by atoms with Crippen LogP contribution < -0.4 is 5.32 Å². The number of nitrogens with one attached hydrogen (secondary N) is 1. The van der Waals surface area contributed by atoms with Crippen molar-refractivity contribution in [2.75, 3.05) is 26.2 Å². The molecule has 0 saturated carbocycles. The van der Waals surface area contributed by atoms with Crippen molar-refractivity contribution >= 4 is 29.9 Å². The van der Waals surface area contributed by atoms with Crippen LogP contribution in [0.15, 0.2) is 58.1 Å². The molecule has 1 aromatic carbocycles. The Morgan fingerprint density at radius 2 is 2.07 bits per heavy atom. The topological polar surface area (TPSA) is 61.0 Å². The molecule has 5 nitrogen and oxygen atoms in total. The van der Waals surface area contributed by atoms with E-state index in [2.05, 4.69) is 52.5 Å². The van der Waals surface area contributed by atoms with Crippen molar-refractivity contribution in [2.45, 2.75) is 32.3 Å². The molecule has 2 unspecified atom stereocenters. The van der Waals surface area contributed by atoms with Crippen LogP contribution >= 0.6 is 24.0 Å². The molecule has 2 aromatic rings. The Labute approximate surface area is 178 Å². The summed E-state index contributed by atoms with van der Waals surface area (Å²) in [4.78, 5) is 6.99. The van der Waals surface area contributed by atoms with E-state index in [4.69, 9.17) is 4.42 Å². The first-order valence-corrected chi connectivity index (χ1v) is 9.42. The van der Waals surface area contributed by atoms with E-state index < -0.39 is 5.60 Å². The van der Waals surface area contributed by atoms with Gasteiger partial charge in [0.25, 0.3) is 0 Å². The van der Waals surface area contributed by atoms with Gasteiger partial charge in [-0.3, -0.25) is 0 Å². The van der Waals surface area contributed by atoms with Gasteiger partial charge in [-0.15, -0.1) is 24.0 Å². The molecule has 0 spiro atoms. The first-order valence-electron chi connectivity index (χ1n) is 9.42. The van der Waals surface area contributed by atoms with Gasteiger partial charge >= 0.3 is 0 Å². The predicted molar refractivity (Wildman–Crippen MR) is 119 cm³/mol. The molecular weight excluding hydrogens is 453 g/mol. The van der Waals surface area contributed by atoms with E-state index in [1.165, 1.54) is 5.56 Å². The van der Waals surface area contributed by atoms with Crippen LogP contribution in [0.2, 0.25) is 0 Å². The quantitative estimate of drug-likeness (QED) is 0.374. The minimum absolute atomic E-state index is 0. The third-order valence-electron chi connectivity index (χ3n) is 4.88. The van der Waals surface area contributed by atoms with Crippen molar-refractivity contribution in [2.24, 2.45) is 10.9 Å². The van der Waals surface area contributed by atoms with Gasteiger partial charge in [-0.05, 0) is 50.3 Å². The van der Waals surface area contributed by atoms with Crippen molar-refractivity contribution in [1.82, 2.24) is 10.2 Å². The van der Waals surface area contributed by atoms with E-state index in [-0.39, 0.29) is 30.5 Å². The number of aliphatic hydroxyl groups is 1. The summed E-state index contributed by atoms with van der Waals surface area (Å²) in [6.07, 6.45) is 3.84. The highest BCUT2D eigenvalue weighted by molar-refractivity contribution is 14.0. The molecule has 2 heterocycles. The van der Waals surface area contributed by atoms with Gasteiger partial charge in [-0.1, -0.05) is 30.3 Å². The zero-order chi connectivity index (χ0) is 18.4. The number of halogens is 1. The summed E-state index contributed by atoms with van der Waals surface area (Å²) < 4.78 is 5.35. The molecule has 2 atom stereocenters. The van der Waals surface area contributed by atoms with Crippen LogP contribution in [0.5, 0.6) is 0 Å². The average Bonchev–Trinajstić information content (AvgIpc) is 3.32. The molecule has 148 valence electrons. The van der Waals surface area contributed by atoms with Crippen LogP contribution in [0, 0.1) is 5.92 Å². The predicted octanol–water partition coefficient (Wildman–Crippen LogP) is 3.64. The average molecular weight is 483 g/mol. The Kier molecular flexibility index (Phi) is 8.16. The van der Waals surface area contributed by atoms with Crippen LogP contribution in [-0.2, 0) is 12.0 Å². The number of likely N-dealkylation sites (tertiary alicyclic amines) is 1. The molecule has 1 aliphatic rings. The maximum atomic E-state index is 10.6. The number of guanidine groups is 1. The van der Waals surface area contributed by atoms with Gasteiger partial charge in [0, 0.05) is 19.6 Å². The van der Waals surface area contributed by atoms with Gasteiger partial charge < -0.3 is 19.7 Å². The van der Waals surface area contributed by atoms with Crippen molar-refractivity contribution in [1.29, 1.82) is 0 Å². The first kappa shape index (κ1) is 21.8. The molecule has 3 rings (SSSR count). The lowest BCUT2D eigenvalue weighted by molar-refractivity contribution is 0.0435.